The second kappa shape index (κ2) is 6.17. The van der Waals surface area contributed by atoms with Crippen molar-refractivity contribution >= 4 is 15.9 Å². The van der Waals surface area contributed by atoms with Crippen LogP contribution < -0.4 is 10.5 Å². The Balaban J connectivity index is 2.33. The molecule has 2 unspecified atom stereocenters. The molecule has 2 atom stereocenters. The monoisotopic (exact) mass is 323 g/mol. The summed E-state index contributed by atoms with van der Waals surface area (Å²) in [4.78, 5) is 0. The zero-order valence-corrected chi connectivity index (χ0v) is 12.1. The molecule has 2 aromatic carbocycles. The maximum absolute atomic E-state index is 13.9. The number of hydrogen-bond acceptors (Lipinski definition) is 2. The first-order chi connectivity index (χ1) is 9.09. The standard InChI is InChI=1S/C15H15BrFNO/c1-10(18)15(11-6-2-4-8-13(11)17)19-14-9-5-3-7-12(14)16/h2-10,15H,18H2,1H3. The summed E-state index contributed by atoms with van der Waals surface area (Å²) in [5.74, 6) is 0.338. The number of rotatable bonds is 4. The number of ether oxygens (including phenoxy) is 1. The summed E-state index contributed by atoms with van der Waals surface area (Å²) in [6.45, 7) is 1.80. The van der Waals surface area contributed by atoms with Crippen LogP contribution in [-0.2, 0) is 0 Å². The van der Waals surface area contributed by atoms with Crippen LogP contribution in [0.1, 0.15) is 18.6 Å². The van der Waals surface area contributed by atoms with Gasteiger partial charge in [-0.15, -0.1) is 0 Å². The van der Waals surface area contributed by atoms with Crippen molar-refractivity contribution in [2.24, 2.45) is 5.73 Å². The molecule has 0 aliphatic carbocycles. The first kappa shape index (κ1) is 14.0. The highest BCUT2D eigenvalue weighted by atomic mass is 79.9. The van der Waals surface area contributed by atoms with Gasteiger partial charge in [0.2, 0.25) is 0 Å². The van der Waals surface area contributed by atoms with Crippen molar-refractivity contribution in [3.8, 4) is 5.75 Å². The molecule has 2 N–H and O–H groups in total. The molecule has 2 aromatic rings. The van der Waals surface area contributed by atoms with Gasteiger partial charge in [-0.2, -0.15) is 0 Å². The summed E-state index contributed by atoms with van der Waals surface area (Å²) in [7, 11) is 0. The summed E-state index contributed by atoms with van der Waals surface area (Å²) in [5.41, 5.74) is 6.39. The van der Waals surface area contributed by atoms with Crippen LogP contribution in [0.5, 0.6) is 5.75 Å². The van der Waals surface area contributed by atoms with E-state index in [-0.39, 0.29) is 11.9 Å². The summed E-state index contributed by atoms with van der Waals surface area (Å²) in [5, 5.41) is 0. The van der Waals surface area contributed by atoms with Gasteiger partial charge in [-0.1, -0.05) is 30.3 Å². The average molecular weight is 324 g/mol. The maximum Gasteiger partial charge on any atom is 0.141 e. The molecule has 0 aliphatic rings. The third-order valence-corrected chi connectivity index (χ3v) is 3.43. The van der Waals surface area contributed by atoms with E-state index >= 15 is 0 Å². The summed E-state index contributed by atoms with van der Waals surface area (Å²) in [6, 6.07) is 13.6. The fourth-order valence-corrected chi connectivity index (χ4v) is 2.22. The van der Waals surface area contributed by atoms with E-state index in [1.165, 1.54) is 6.07 Å². The number of hydrogen-bond donors (Lipinski definition) is 1. The van der Waals surface area contributed by atoms with Crippen molar-refractivity contribution in [3.63, 3.8) is 0 Å². The largest absolute Gasteiger partial charge is 0.483 e. The highest BCUT2D eigenvalue weighted by molar-refractivity contribution is 9.10. The van der Waals surface area contributed by atoms with Gasteiger partial charge in [-0.25, -0.2) is 4.39 Å². The maximum atomic E-state index is 13.9. The lowest BCUT2D eigenvalue weighted by molar-refractivity contribution is 0.174. The molecule has 19 heavy (non-hydrogen) atoms. The highest BCUT2D eigenvalue weighted by Gasteiger charge is 2.22. The minimum Gasteiger partial charge on any atom is -0.483 e. The summed E-state index contributed by atoms with van der Waals surface area (Å²) >= 11 is 3.41. The molecule has 0 spiro atoms. The Kier molecular flexibility index (Phi) is 4.56. The number of nitrogens with two attached hydrogens (primary N) is 1. The molecule has 4 heteroatoms. The molecule has 0 heterocycles. The molecule has 0 amide bonds. The lowest BCUT2D eigenvalue weighted by Crippen LogP contribution is -2.29. The first-order valence-electron chi connectivity index (χ1n) is 6.01. The molecule has 0 saturated carbocycles. The Morgan fingerprint density at radius 2 is 1.74 bits per heavy atom. The van der Waals surface area contributed by atoms with Gasteiger partial charge in [-0.05, 0) is 41.1 Å². The molecule has 0 fully saturated rings. The lowest BCUT2D eigenvalue weighted by atomic mass is 10.0. The molecule has 0 aromatic heterocycles. The molecule has 2 nitrogen and oxygen atoms in total. The van der Waals surface area contributed by atoms with Crippen LogP contribution in [0.3, 0.4) is 0 Å². The summed E-state index contributed by atoms with van der Waals surface area (Å²) < 4.78 is 20.5. The second-order valence-electron chi connectivity index (χ2n) is 4.35. The fraction of sp³-hybridized carbons (Fsp3) is 0.200. The van der Waals surface area contributed by atoms with Crippen LogP contribution in [0.25, 0.3) is 0 Å². The van der Waals surface area contributed by atoms with Crippen molar-refractivity contribution in [3.05, 3.63) is 64.4 Å². The van der Waals surface area contributed by atoms with Crippen molar-refractivity contribution in [2.75, 3.05) is 0 Å². The summed E-state index contributed by atoms with van der Waals surface area (Å²) in [6.07, 6.45) is -0.528. The van der Waals surface area contributed by atoms with Crippen molar-refractivity contribution in [2.45, 2.75) is 19.1 Å². The Morgan fingerprint density at radius 3 is 2.37 bits per heavy atom. The van der Waals surface area contributed by atoms with E-state index in [2.05, 4.69) is 15.9 Å². The predicted molar refractivity (Wildman–Crippen MR) is 77.6 cm³/mol. The molecular formula is C15H15BrFNO. The molecule has 0 saturated heterocycles. The molecule has 0 radical (unpaired) electrons. The van der Waals surface area contributed by atoms with E-state index in [4.69, 9.17) is 10.5 Å². The van der Waals surface area contributed by atoms with Crippen LogP contribution in [0, 0.1) is 5.82 Å². The van der Waals surface area contributed by atoms with Gasteiger partial charge in [0.15, 0.2) is 0 Å². The second-order valence-corrected chi connectivity index (χ2v) is 5.20. The Morgan fingerprint density at radius 1 is 1.11 bits per heavy atom. The zero-order valence-electron chi connectivity index (χ0n) is 10.5. The molecule has 0 bridgehead atoms. The predicted octanol–water partition coefficient (Wildman–Crippen LogP) is 4.06. The topological polar surface area (TPSA) is 35.2 Å². The Labute approximate surface area is 120 Å². The van der Waals surface area contributed by atoms with Crippen LogP contribution in [0.4, 0.5) is 4.39 Å². The fourth-order valence-electron chi connectivity index (χ4n) is 1.84. The molecular weight excluding hydrogens is 309 g/mol. The van der Waals surface area contributed by atoms with Gasteiger partial charge in [0.1, 0.15) is 17.7 Å². The van der Waals surface area contributed by atoms with Gasteiger partial charge in [0.25, 0.3) is 0 Å². The SMILES string of the molecule is CC(N)C(Oc1ccccc1Br)c1ccccc1F. The number of halogens is 2. The number of benzene rings is 2. The molecule has 0 aliphatic heterocycles. The van der Waals surface area contributed by atoms with Crippen LogP contribution >= 0.6 is 15.9 Å². The van der Waals surface area contributed by atoms with Crippen molar-refractivity contribution in [1.82, 2.24) is 0 Å². The van der Waals surface area contributed by atoms with Crippen LogP contribution in [0.15, 0.2) is 53.0 Å². The van der Waals surface area contributed by atoms with Crippen LogP contribution in [0.2, 0.25) is 0 Å². The van der Waals surface area contributed by atoms with Crippen molar-refractivity contribution < 1.29 is 9.13 Å². The molecule has 100 valence electrons. The van der Waals surface area contributed by atoms with E-state index in [0.717, 1.165) is 4.47 Å². The Hall–Kier alpha value is -1.39. The number of para-hydroxylation sites is 1. The third-order valence-electron chi connectivity index (χ3n) is 2.78. The van der Waals surface area contributed by atoms with Gasteiger partial charge in [0.05, 0.1) is 4.47 Å². The van der Waals surface area contributed by atoms with Gasteiger partial charge >= 0.3 is 0 Å². The Bertz CT molecular complexity index is 559. The average Bonchev–Trinajstić information content (AvgIpc) is 2.38. The van der Waals surface area contributed by atoms with E-state index < -0.39 is 6.10 Å². The van der Waals surface area contributed by atoms with E-state index in [1.807, 2.05) is 24.3 Å². The van der Waals surface area contributed by atoms with Gasteiger partial charge < -0.3 is 10.5 Å². The van der Waals surface area contributed by atoms with Gasteiger partial charge in [0, 0.05) is 11.6 Å². The quantitative estimate of drug-likeness (QED) is 0.921. The van der Waals surface area contributed by atoms with E-state index in [9.17, 15) is 4.39 Å². The highest BCUT2D eigenvalue weighted by Crippen LogP contribution is 2.31. The van der Waals surface area contributed by atoms with Gasteiger partial charge in [-0.3, -0.25) is 0 Å². The van der Waals surface area contributed by atoms with E-state index in [1.54, 1.807) is 25.1 Å². The van der Waals surface area contributed by atoms with E-state index in [0.29, 0.717) is 11.3 Å². The van der Waals surface area contributed by atoms with Crippen LogP contribution in [-0.4, -0.2) is 6.04 Å². The lowest BCUT2D eigenvalue weighted by Gasteiger charge is -2.24. The third kappa shape index (κ3) is 3.33. The van der Waals surface area contributed by atoms with Crippen molar-refractivity contribution in [1.29, 1.82) is 0 Å². The zero-order chi connectivity index (χ0) is 13.8. The smallest absolute Gasteiger partial charge is 0.141 e. The first-order valence-corrected chi connectivity index (χ1v) is 6.80. The molecule has 2 rings (SSSR count). The minimum absolute atomic E-state index is 0.308. The minimum atomic E-state index is -0.528. The normalized spacial score (nSPS) is 13.9.